The molecule has 0 saturated carbocycles. The first-order valence-electron chi connectivity index (χ1n) is 8.69. The van der Waals surface area contributed by atoms with Gasteiger partial charge in [0, 0.05) is 16.3 Å². The molecular weight excluding hydrogens is 416 g/mol. The van der Waals surface area contributed by atoms with Gasteiger partial charge in [-0.25, -0.2) is 8.42 Å². The second kappa shape index (κ2) is 8.00. The number of hydrogen-bond donors (Lipinski definition) is 0. The van der Waals surface area contributed by atoms with Crippen molar-refractivity contribution in [2.24, 2.45) is 5.41 Å². The van der Waals surface area contributed by atoms with Crippen molar-refractivity contribution in [2.45, 2.75) is 5.92 Å². The molecule has 0 saturated heterocycles. The van der Waals surface area contributed by atoms with Crippen molar-refractivity contribution < 1.29 is 27.5 Å². The highest BCUT2D eigenvalue weighted by molar-refractivity contribution is 7.94. The minimum atomic E-state index is -3.75. The Morgan fingerprint density at radius 2 is 1.52 bits per heavy atom. The summed E-state index contributed by atoms with van der Waals surface area (Å²) in [5.74, 6) is -3.32. The second-order valence-electron chi connectivity index (χ2n) is 6.62. The van der Waals surface area contributed by atoms with E-state index in [0.29, 0.717) is 16.1 Å². The van der Waals surface area contributed by atoms with Crippen molar-refractivity contribution in [1.29, 1.82) is 0 Å². The maximum absolute atomic E-state index is 13.1. The van der Waals surface area contributed by atoms with E-state index in [9.17, 15) is 18.0 Å². The molecule has 0 N–H and O–H groups in total. The van der Waals surface area contributed by atoms with Gasteiger partial charge in [0.1, 0.15) is 0 Å². The van der Waals surface area contributed by atoms with Crippen LogP contribution in [0.2, 0.25) is 5.02 Å². The Morgan fingerprint density at radius 3 is 2.03 bits per heavy atom. The largest absolute Gasteiger partial charge is 0.468 e. The van der Waals surface area contributed by atoms with Crippen molar-refractivity contribution >= 4 is 38.9 Å². The Balaban J connectivity index is 2.41. The molecule has 0 aromatic heterocycles. The third-order valence-electron chi connectivity index (χ3n) is 5.02. The molecule has 0 radical (unpaired) electrons. The number of esters is 2. The molecule has 1 aliphatic heterocycles. The number of carbonyl (C=O) groups is 2. The standard InChI is InChI=1S/C21H19ClO6S/c1-27-19(23)21(20(24)28-2)17(14-6-4-3-5-7-14)12-29(25,26)13-18(21)15-8-10-16(22)11-9-15/h3-12,18H,13H2,1-2H3. The fourth-order valence-electron chi connectivity index (χ4n) is 3.73. The molecule has 1 aliphatic rings. The van der Waals surface area contributed by atoms with Crippen molar-refractivity contribution in [3.05, 3.63) is 76.2 Å². The summed E-state index contributed by atoms with van der Waals surface area (Å²) in [5.41, 5.74) is -1.12. The van der Waals surface area contributed by atoms with Gasteiger partial charge in [0.15, 0.2) is 15.3 Å². The predicted octanol–water partition coefficient (Wildman–Crippen LogP) is 3.23. The molecule has 0 amide bonds. The average Bonchev–Trinajstić information content (AvgIpc) is 2.73. The monoisotopic (exact) mass is 434 g/mol. The highest BCUT2D eigenvalue weighted by Crippen LogP contribution is 2.52. The summed E-state index contributed by atoms with van der Waals surface area (Å²) in [7, 11) is -1.45. The number of benzene rings is 2. The maximum atomic E-state index is 13.1. The van der Waals surface area contributed by atoms with Crippen LogP contribution in [0.15, 0.2) is 60.0 Å². The number of sulfone groups is 1. The smallest absolute Gasteiger partial charge is 0.328 e. The number of hydrogen-bond acceptors (Lipinski definition) is 6. The van der Waals surface area contributed by atoms with Crippen LogP contribution in [0, 0.1) is 5.41 Å². The summed E-state index contributed by atoms with van der Waals surface area (Å²) in [6.07, 6.45) is 0. The van der Waals surface area contributed by atoms with Crippen LogP contribution in [0.25, 0.3) is 5.57 Å². The number of methoxy groups -OCH3 is 2. The molecule has 2 aromatic carbocycles. The van der Waals surface area contributed by atoms with Crippen molar-refractivity contribution in [3.63, 3.8) is 0 Å². The number of carbonyl (C=O) groups excluding carboxylic acids is 2. The van der Waals surface area contributed by atoms with E-state index in [4.69, 9.17) is 21.1 Å². The molecule has 29 heavy (non-hydrogen) atoms. The fraction of sp³-hybridized carbons (Fsp3) is 0.238. The van der Waals surface area contributed by atoms with Gasteiger partial charge < -0.3 is 9.47 Å². The second-order valence-corrected chi connectivity index (χ2v) is 8.95. The lowest BCUT2D eigenvalue weighted by Gasteiger charge is -2.40. The molecule has 1 atom stereocenters. The van der Waals surface area contributed by atoms with Crippen molar-refractivity contribution in [1.82, 2.24) is 0 Å². The molecule has 2 aromatic rings. The quantitative estimate of drug-likeness (QED) is 0.542. The first-order chi connectivity index (χ1) is 13.8. The van der Waals surface area contributed by atoms with Crippen molar-refractivity contribution in [3.8, 4) is 0 Å². The topological polar surface area (TPSA) is 86.7 Å². The molecule has 0 spiro atoms. The zero-order valence-corrected chi connectivity index (χ0v) is 17.4. The van der Waals surface area contributed by atoms with Gasteiger partial charge in [-0.2, -0.15) is 0 Å². The van der Waals surface area contributed by atoms with Crippen LogP contribution in [-0.2, 0) is 28.9 Å². The minimum Gasteiger partial charge on any atom is -0.468 e. The molecule has 0 bridgehead atoms. The number of halogens is 1. The van der Waals surface area contributed by atoms with Crippen LogP contribution >= 0.6 is 11.6 Å². The third kappa shape index (κ3) is 3.68. The summed E-state index contributed by atoms with van der Waals surface area (Å²) in [4.78, 5) is 26.3. The predicted molar refractivity (Wildman–Crippen MR) is 109 cm³/mol. The van der Waals surface area contributed by atoms with Crippen LogP contribution in [0.4, 0.5) is 0 Å². The van der Waals surface area contributed by atoms with Crippen LogP contribution in [-0.4, -0.2) is 40.3 Å². The molecule has 1 heterocycles. The lowest BCUT2D eigenvalue weighted by atomic mass is 9.66. The molecule has 0 aliphatic carbocycles. The summed E-state index contributed by atoms with van der Waals surface area (Å²) in [6.45, 7) is 0. The molecule has 3 rings (SSSR count). The van der Waals surface area contributed by atoms with Gasteiger partial charge in [-0.3, -0.25) is 9.59 Å². The van der Waals surface area contributed by atoms with Gasteiger partial charge in [-0.1, -0.05) is 54.1 Å². The first-order valence-corrected chi connectivity index (χ1v) is 10.8. The van der Waals surface area contributed by atoms with Gasteiger partial charge >= 0.3 is 11.9 Å². The minimum absolute atomic E-state index is 0.0167. The number of ether oxygens (including phenoxy) is 2. The molecule has 152 valence electrons. The van der Waals surface area contributed by atoms with E-state index in [0.717, 1.165) is 19.6 Å². The zero-order chi connectivity index (χ0) is 21.2. The Bertz CT molecular complexity index is 1040. The van der Waals surface area contributed by atoms with Gasteiger partial charge in [-0.05, 0) is 28.8 Å². The lowest BCUT2D eigenvalue weighted by molar-refractivity contribution is -0.165. The van der Waals surface area contributed by atoms with Crippen LogP contribution < -0.4 is 0 Å². The zero-order valence-electron chi connectivity index (χ0n) is 15.8. The normalized spacial score (nSPS) is 19.7. The third-order valence-corrected chi connectivity index (χ3v) is 6.66. The van der Waals surface area contributed by atoms with E-state index in [1.54, 1.807) is 54.6 Å². The molecule has 6 nitrogen and oxygen atoms in total. The summed E-state index contributed by atoms with van der Waals surface area (Å²) >= 11 is 5.97. The molecule has 0 fully saturated rings. The molecule has 1 unspecified atom stereocenters. The Kier molecular flexibility index (Phi) is 5.82. The molecular formula is C21H19ClO6S. The Labute approximate surface area is 174 Å². The van der Waals surface area contributed by atoms with Gasteiger partial charge in [-0.15, -0.1) is 0 Å². The van der Waals surface area contributed by atoms with Gasteiger partial charge in [0.2, 0.25) is 0 Å². The van der Waals surface area contributed by atoms with E-state index < -0.39 is 38.9 Å². The molecule has 8 heteroatoms. The number of rotatable bonds is 4. The Hall–Kier alpha value is -2.64. The van der Waals surface area contributed by atoms with Crippen LogP contribution in [0.5, 0.6) is 0 Å². The van der Waals surface area contributed by atoms with Crippen LogP contribution in [0.1, 0.15) is 17.0 Å². The van der Waals surface area contributed by atoms with Gasteiger partial charge in [0.05, 0.1) is 20.0 Å². The van der Waals surface area contributed by atoms with Crippen molar-refractivity contribution in [2.75, 3.05) is 20.0 Å². The fourth-order valence-corrected chi connectivity index (χ4v) is 5.54. The summed E-state index contributed by atoms with van der Waals surface area (Å²) in [5, 5.41) is 1.41. The average molecular weight is 435 g/mol. The maximum Gasteiger partial charge on any atom is 0.328 e. The first kappa shape index (κ1) is 21.1. The van der Waals surface area contributed by atoms with E-state index in [2.05, 4.69) is 0 Å². The highest BCUT2D eigenvalue weighted by Gasteiger charge is 2.61. The SMILES string of the molecule is COC(=O)C1(C(=O)OC)C(c2ccccc2)=CS(=O)(=O)CC1c1ccc(Cl)cc1. The lowest BCUT2D eigenvalue weighted by Crippen LogP contribution is -2.51. The summed E-state index contributed by atoms with van der Waals surface area (Å²) in [6, 6.07) is 14.7. The highest BCUT2D eigenvalue weighted by atomic mass is 35.5. The Morgan fingerprint density at radius 1 is 0.966 bits per heavy atom. The van der Waals surface area contributed by atoms with Crippen LogP contribution in [0.3, 0.4) is 0 Å². The van der Waals surface area contributed by atoms with Gasteiger partial charge in [0.25, 0.3) is 0 Å². The van der Waals surface area contributed by atoms with E-state index >= 15 is 0 Å². The summed E-state index contributed by atoms with van der Waals surface area (Å²) < 4.78 is 35.6. The van der Waals surface area contributed by atoms with E-state index in [1.807, 2.05) is 0 Å². The van der Waals surface area contributed by atoms with E-state index in [1.165, 1.54) is 0 Å². The van der Waals surface area contributed by atoms with E-state index in [-0.39, 0.29) is 5.57 Å².